The van der Waals surface area contributed by atoms with Crippen molar-refractivity contribution < 1.29 is 24.2 Å². The number of nitrogens with one attached hydrogen (secondary N) is 2. The van der Waals surface area contributed by atoms with Gasteiger partial charge in [0.05, 0.1) is 6.42 Å². The van der Waals surface area contributed by atoms with Crippen LogP contribution in [-0.2, 0) is 26.3 Å². The standard InChI is InChI=1S/C39H45N3O5/c1-28(2)42(26-25-29-21-23-33(43)24-22-29)36(45)34(40-37(46)47-38(3,4)5)27-35(44)41-39(30-15-9-6-10-16-30,31-17-11-7-12-18-31)32-19-13-8-14-20-32/h6-24,28,34,43H,25-27H2,1-5H3,(H,40,46)(H,41,44). The van der Waals surface area contributed by atoms with Crippen LogP contribution in [0.4, 0.5) is 4.79 Å². The number of phenolic OH excluding ortho intramolecular Hbond substituents is 1. The molecule has 3 amide bonds. The van der Waals surface area contributed by atoms with E-state index in [2.05, 4.69) is 10.6 Å². The van der Waals surface area contributed by atoms with Crippen LogP contribution in [0.15, 0.2) is 115 Å². The Hall–Kier alpha value is -5.11. The first-order chi connectivity index (χ1) is 22.4. The Balaban J connectivity index is 1.70. The van der Waals surface area contributed by atoms with Crippen molar-refractivity contribution in [2.24, 2.45) is 0 Å². The van der Waals surface area contributed by atoms with Crippen molar-refractivity contribution in [1.29, 1.82) is 0 Å². The van der Waals surface area contributed by atoms with Gasteiger partial charge in [0, 0.05) is 12.6 Å². The molecule has 0 bridgehead atoms. The Kier molecular flexibility index (Phi) is 11.4. The predicted molar refractivity (Wildman–Crippen MR) is 184 cm³/mol. The highest BCUT2D eigenvalue weighted by molar-refractivity contribution is 5.91. The first-order valence-electron chi connectivity index (χ1n) is 15.9. The van der Waals surface area contributed by atoms with Crippen molar-refractivity contribution >= 4 is 17.9 Å². The number of phenols is 1. The second kappa shape index (κ2) is 15.5. The van der Waals surface area contributed by atoms with Gasteiger partial charge in [-0.25, -0.2) is 4.79 Å². The number of ether oxygens (including phenoxy) is 1. The second-order valence-corrected chi connectivity index (χ2v) is 12.8. The number of amides is 3. The topological polar surface area (TPSA) is 108 Å². The second-order valence-electron chi connectivity index (χ2n) is 12.8. The quantitative estimate of drug-likeness (QED) is 0.153. The van der Waals surface area contributed by atoms with Gasteiger partial charge in [-0.2, -0.15) is 0 Å². The fourth-order valence-electron chi connectivity index (χ4n) is 5.61. The Morgan fingerprint density at radius 2 is 1.21 bits per heavy atom. The Bertz CT molecular complexity index is 1510. The van der Waals surface area contributed by atoms with Crippen molar-refractivity contribution in [3.05, 3.63) is 138 Å². The molecule has 0 saturated heterocycles. The molecule has 0 heterocycles. The van der Waals surface area contributed by atoms with Gasteiger partial charge in [-0.15, -0.1) is 0 Å². The molecule has 0 aliphatic carbocycles. The Morgan fingerprint density at radius 3 is 1.64 bits per heavy atom. The summed E-state index contributed by atoms with van der Waals surface area (Å²) in [5, 5.41) is 15.7. The minimum absolute atomic E-state index is 0.163. The molecule has 0 aliphatic rings. The maximum Gasteiger partial charge on any atom is 0.408 e. The molecule has 8 nitrogen and oxygen atoms in total. The molecule has 4 aromatic carbocycles. The Morgan fingerprint density at radius 1 is 0.745 bits per heavy atom. The van der Waals surface area contributed by atoms with Crippen LogP contribution in [0.1, 0.15) is 63.3 Å². The number of rotatable bonds is 12. The molecule has 246 valence electrons. The van der Waals surface area contributed by atoms with E-state index in [0.29, 0.717) is 13.0 Å². The monoisotopic (exact) mass is 635 g/mol. The van der Waals surface area contributed by atoms with Gasteiger partial charge in [0.2, 0.25) is 11.8 Å². The third-order valence-corrected chi connectivity index (χ3v) is 7.81. The summed E-state index contributed by atoms with van der Waals surface area (Å²) in [4.78, 5) is 43.2. The van der Waals surface area contributed by atoms with E-state index in [9.17, 15) is 19.5 Å². The summed E-state index contributed by atoms with van der Waals surface area (Å²) in [6.45, 7) is 9.35. The van der Waals surface area contributed by atoms with E-state index >= 15 is 0 Å². The van der Waals surface area contributed by atoms with E-state index in [0.717, 1.165) is 22.3 Å². The summed E-state index contributed by atoms with van der Waals surface area (Å²) >= 11 is 0. The highest BCUT2D eigenvalue weighted by Crippen LogP contribution is 2.37. The lowest BCUT2D eigenvalue weighted by atomic mass is 9.77. The SMILES string of the molecule is CC(C)N(CCc1ccc(O)cc1)C(=O)C(CC(=O)NC(c1ccccc1)(c1ccccc1)c1ccccc1)NC(=O)OC(C)(C)C. The van der Waals surface area contributed by atoms with E-state index in [1.807, 2.05) is 105 Å². The minimum Gasteiger partial charge on any atom is -0.508 e. The van der Waals surface area contributed by atoms with Crippen LogP contribution in [0.5, 0.6) is 5.75 Å². The van der Waals surface area contributed by atoms with Gasteiger partial charge in [-0.3, -0.25) is 9.59 Å². The van der Waals surface area contributed by atoms with Crippen LogP contribution >= 0.6 is 0 Å². The largest absolute Gasteiger partial charge is 0.508 e. The predicted octanol–water partition coefficient (Wildman–Crippen LogP) is 6.56. The van der Waals surface area contributed by atoms with Crippen LogP contribution in [0.25, 0.3) is 0 Å². The molecule has 0 spiro atoms. The lowest BCUT2D eigenvalue weighted by molar-refractivity contribution is -0.137. The van der Waals surface area contributed by atoms with Gasteiger partial charge in [0.1, 0.15) is 22.9 Å². The van der Waals surface area contributed by atoms with E-state index in [4.69, 9.17) is 4.74 Å². The third kappa shape index (κ3) is 9.22. The number of carbonyl (C=O) groups excluding carboxylic acids is 3. The van der Waals surface area contributed by atoms with Crippen molar-refractivity contribution in [1.82, 2.24) is 15.5 Å². The van der Waals surface area contributed by atoms with Gasteiger partial charge in [-0.05, 0) is 75.4 Å². The fraction of sp³-hybridized carbons (Fsp3) is 0.308. The summed E-state index contributed by atoms with van der Waals surface area (Å²) in [5.74, 6) is -0.668. The number of hydrogen-bond donors (Lipinski definition) is 3. The van der Waals surface area contributed by atoms with Crippen molar-refractivity contribution in [2.75, 3.05) is 6.54 Å². The summed E-state index contributed by atoms with van der Waals surface area (Å²) in [6, 6.07) is 34.5. The van der Waals surface area contributed by atoms with Crippen LogP contribution in [0.3, 0.4) is 0 Å². The molecule has 0 saturated carbocycles. The number of hydrogen-bond acceptors (Lipinski definition) is 5. The summed E-state index contributed by atoms with van der Waals surface area (Å²) in [5.41, 5.74) is 1.56. The lowest BCUT2D eigenvalue weighted by Crippen LogP contribution is -2.55. The molecule has 1 atom stereocenters. The number of carbonyl (C=O) groups is 3. The van der Waals surface area contributed by atoms with Crippen LogP contribution in [-0.4, -0.2) is 52.1 Å². The van der Waals surface area contributed by atoms with Crippen LogP contribution in [0.2, 0.25) is 0 Å². The minimum atomic E-state index is -1.20. The van der Waals surface area contributed by atoms with Crippen molar-refractivity contribution in [2.45, 2.75) is 70.7 Å². The highest BCUT2D eigenvalue weighted by Gasteiger charge is 2.39. The van der Waals surface area contributed by atoms with Gasteiger partial charge in [0.25, 0.3) is 0 Å². The number of nitrogens with zero attached hydrogens (tertiary/aromatic N) is 1. The molecule has 8 heteroatoms. The molecule has 0 aliphatic heterocycles. The first-order valence-corrected chi connectivity index (χ1v) is 15.9. The summed E-state index contributed by atoms with van der Waals surface area (Å²) in [6.07, 6.45) is -0.588. The highest BCUT2D eigenvalue weighted by atomic mass is 16.6. The average molecular weight is 636 g/mol. The number of aromatic hydroxyl groups is 1. The van der Waals surface area contributed by atoms with E-state index in [1.54, 1.807) is 49.9 Å². The maximum absolute atomic E-state index is 14.3. The van der Waals surface area contributed by atoms with E-state index < -0.39 is 35.1 Å². The molecule has 47 heavy (non-hydrogen) atoms. The van der Waals surface area contributed by atoms with Gasteiger partial charge < -0.3 is 25.4 Å². The third-order valence-electron chi connectivity index (χ3n) is 7.81. The first kappa shape index (κ1) is 34.8. The molecular formula is C39H45N3O5. The normalized spacial score (nSPS) is 12.2. The molecule has 3 N–H and O–H groups in total. The zero-order chi connectivity index (χ0) is 34.0. The van der Waals surface area contributed by atoms with E-state index in [-0.39, 0.29) is 18.2 Å². The molecule has 0 fully saturated rings. The van der Waals surface area contributed by atoms with Gasteiger partial charge in [0.15, 0.2) is 0 Å². The molecular weight excluding hydrogens is 590 g/mol. The van der Waals surface area contributed by atoms with Gasteiger partial charge >= 0.3 is 6.09 Å². The zero-order valence-electron chi connectivity index (χ0n) is 27.8. The van der Waals surface area contributed by atoms with Gasteiger partial charge in [-0.1, -0.05) is 103 Å². The van der Waals surface area contributed by atoms with Crippen LogP contribution < -0.4 is 10.6 Å². The maximum atomic E-state index is 14.3. The summed E-state index contributed by atoms with van der Waals surface area (Å²) < 4.78 is 5.51. The van der Waals surface area contributed by atoms with E-state index in [1.165, 1.54) is 0 Å². The van der Waals surface area contributed by atoms with Crippen molar-refractivity contribution in [3.63, 3.8) is 0 Å². The molecule has 4 aromatic rings. The average Bonchev–Trinajstić information content (AvgIpc) is 3.04. The smallest absolute Gasteiger partial charge is 0.408 e. The fourth-order valence-corrected chi connectivity index (χ4v) is 5.61. The van der Waals surface area contributed by atoms with Crippen LogP contribution in [0, 0.1) is 0 Å². The molecule has 4 rings (SSSR count). The number of benzene rings is 4. The van der Waals surface area contributed by atoms with Crippen molar-refractivity contribution in [3.8, 4) is 5.75 Å². The zero-order valence-corrected chi connectivity index (χ0v) is 27.8. The lowest BCUT2D eigenvalue weighted by Gasteiger charge is -2.37. The molecule has 0 radical (unpaired) electrons. The number of alkyl carbamates (subject to hydrolysis) is 1. The molecule has 0 aromatic heterocycles. The molecule has 1 unspecified atom stereocenters. The Labute approximate surface area is 277 Å². The summed E-state index contributed by atoms with van der Waals surface area (Å²) in [7, 11) is 0.